The third-order valence-electron chi connectivity index (χ3n) is 5.05. The van der Waals surface area contributed by atoms with E-state index in [2.05, 4.69) is 4.72 Å². The molecule has 168 valence electrons. The number of nitrogens with one attached hydrogen (secondary N) is 1. The third kappa shape index (κ3) is 5.23. The summed E-state index contributed by atoms with van der Waals surface area (Å²) < 4.78 is 34.1. The number of sulfonamides is 1. The van der Waals surface area contributed by atoms with Crippen molar-refractivity contribution < 1.29 is 17.9 Å². The lowest BCUT2D eigenvalue weighted by atomic mass is 10.1. The van der Waals surface area contributed by atoms with Gasteiger partial charge in [0.2, 0.25) is 0 Å². The molecule has 1 amide bonds. The molecule has 0 saturated carbocycles. The first-order chi connectivity index (χ1) is 15.1. The average Bonchev–Trinajstić information content (AvgIpc) is 2.76. The molecule has 0 fully saturated rings. The summed E-state index contributed by atoms with van der Waals surface area (Å²) in [6, 6.07) is 17.1. The number of hydrogen-bond acceptors (Lipinski definition) is 4. The Labute approximate surface area is 193 Å². The van der Waals surface area contributed by atoms with Crippen molar-refractivity contribution in [2.24, 2.45) is 0 Å². The molecule has 3 aromatic carbocycles. The number of amides is 1. The topological polar surface area (TPSA) is 75.7 Å². The van der Waals surface area contributed by atoms with Crippen LogP contribution in [-0.2, 0) is 16.6 Å². The van der Waals surface area contributed by atoms with Crippen molar-refractivity contribution in [2.75, 3.05) is 18.9 Å². The fourth-order valence-corrected chi connectivity index (χ4v) is 4.92. The van der Waals surface area contributed by atoms with Crippen LogP contribution in [0.5, 0.6) is 5.75 Å². The number of nitrogens with zero attached hydrogens (tertiary/aromatic N) is 1. The summed E-state index contributed by atoms with van der Waals surface area (Å²) in [5.74, 6) is 0.333. The van der Waals surface area contributed by atoms with E-state index in [4.69, 9.17) is 16.3 Å². The maximum atomic E-state index is 13.1. The Kier molecular flexibility index (Phi) is 7.11. The van der Waals surface area contributed by atoms with Crippen LogP contribution >= 0.6 is 11.6 Å². The molecular formula is C24H25ClN2O4S. The fraction of sp³-hybridized carbons (Fsp3) is 0.208. The molecule has 8 heteroatoms. The van der Waals surface area contributed by atoms with Crippen molar-refractivity contribution in [2.45, 2.75) is 25.3 Å². The quantitative estimate of drug-likeness (QED) is 0.522. The molecule has 32 heavy (non-hydrogen) atoms. The largest absolute Gasteiger partial charge is 0.496 e. The smallest absolute Gasteiger partial charge is 0.263 e. The van der Waals surface area contributed by atoms with Gasteiger partial charge in [-0.25, -0.2) is 8.42 Å². The molecule has 0 saturated heterocycles. The predicted octanol–water partition coefficient (Wildman–Crippen LogP) is 5.04. The molecule has 0 unspecified atom stereocenters. The highest BCUT2D eigenvalue weighted by molar-refractivity contribution is 7.92. The molecule has 3 rings (SSSR count). The summed E-state index contributed by atoms with van der Waals surface area (Å²) in [7, 11) is -0.793. The molecule has 0 aliphatic heterocycles. The second-order valence-electron chi connectivity index (χ2n) is 7.54. The summed E-state index contributed by atoms with van der Waals surface area (Å²) in [5.41, 5.74) is 3.21. The molecule has 0 atom stereocenters. The number of carbonyl (C=O) groups excluding carboxylic acids is 1. The summed E-state index contributed by atoms with van der Waals surface area (Å²) in [6.45, 7) is 3.99. The standard InChI is InChI=1S/C24H25ClN2O4S/c1-16-9-10-17(2)21(13-16)26-32(29,30)23-14-18(11-12-20(23)25)24(28)27(3)15-19-7-5-6-8-22(19)31-4/h5-14,26H,15H2,1-4H3. The van der Waals surface area contributed by atoms with Gasteiger partial charge in [0.1, 0.15) is 10.6 Å². The number of para-hydroxylation sites is 1. The van der Waals surface area contributed by atoms with Crippen LogP contribution in [-0.4, -0.2) is 33.4 Å². The van der Waals surface area contributed by atoms with Gasteiger partial charge in [0.25, 0.3) is 15.9 Å². The first kappa shape index (κ1) is 23.6. The Bertz CT molecular complexity index is 1260. The Morgan fingerprint density at radius 2 is 1.78 bits per heavy atom. The van der Waals surface area contributed by atoms with Gasteiger partial charge in [0.05, 0.1) is 17.8 Å². The van der Waals surface area contributed by atoms with Crippen molar-refractivity contribution in [3.05, 3.63) is 87.9 Å². The van der Waals surface area contributed by atoms with Crippen molar-refractivity contribution in [3.63, 3.8) is 0 Å². The number of ether oxygens (including phenoxy) is 1. The van der Waals surface area contributed by atoms with Gasteiger partial charge in [-0.1, -0.05) is 41.9 Å². The second-order valence-corrected chi connectivity index (χ2v) is 9.60. The normalized spacial score (nSPS) is 11.2. The molecule has 0 bridgehead atoms. The van der Waals surface area contributed by atoms with Crippen LogP contribution in [0.3, 0.4) is 0 Å². The Hall–Kier alpha value is -3.03. The van der Waals surface area contributed by atoms with Gasteiger partial charge >= 0.3 is 0 Å². The SMILES string of the molecule is COc1ccccc1CN(C)C(=O)c1ccc(Cl)c(S(=O)(=O)Nc2cc(C)ccc2C)c1. The van der Waals surface area contributed by atoms with Gasteiger partial charge in [-0.2, -0.15) is 0 Å². The average molecular weight is 473 g/mol. The van der Waals surface area contributed by atoms with Crippen molar-refractivity contribution >= 4 is 33.2 Å². The van der Waals surface area contributed by atoms with E-state index in [1.807, 2.05) is 50.2 Å². The van der Waals surface area contributed by atoms with E-state index in [1.54, 1.807) is 20.2 Å². The molecular weight excluding hydrogens is 448 g/mol. The zero-order valence-corrected chi connectivity index (χ0v) is 19.9. The van der Waals surface area contributed by atoms with Gasteiger partial charge in [0.15, 0.2) is 0 Å². The monoisotopic (exact) mass is 472 g/mol. The molecule has 6 nitrogen and oxygen atoms in total. The number of methoxy groups -OCH3 is 1. The third-order valence-corrected chi connectivity index (χ3v) is 6.90. The van der Waals surface area contributed by atoms with Gasteiger partial charge in [0, 0.05) is 24.7 Å². The lowest BCUT2D eigenvalue weighted by molar-refractivity contribution is 0.0784. The summed E-state index contributed by atoms with van der Waals surface area (Å²) in [4.78, 5) is 14.4. The zero-order valence-electron chi connectivity index (χ0n) is 18.3. The maximum Gasteiger partial charge on any atom is 0.263 e. The fourth-order valence-electron chi connectivity index (χ4n) is 3.27. The van der Waals surface area contributed by atoms with Crippen LogP contribution < -0.4 is 9.46 Å². The Morgan fingerprint density at radius 3 is 2.50 bits per heavy atom. The van der Waals surface area contributed by atoms with E-state index in [9.17, 15) is 13.2 Å². The Balaban J connectivity index is 1.88. The van der Waals surface area contributed by atoms with Crippen molar-refractivity contribution in [3.8, 4) is 5.75 Å². The highest BCUT2D eigenvalue weighted by atomic mass is 35.5. The van der Waals surface area contributed by atoms with E-state index in [1.165, 1.54) is 23.1 Å². The summed E-state index contributed by atoms with van der Waals surface area (Å²) in [6.07, 6.45) is 0. The molecule has 3 aromatic rings. The van der Waals surface area contributed by atoms with E-state index < -0.39 is 10.0 Å². The first-order valence-corrected chi connectivity index (χ1v) is 11.8. The van der Waals surface area contributed by atoms with Crippen molar-refractivity contribution in [1.29, 1.82) is 0 Å². The number of benzene rings is 3. The molecule has 0 aromatic heterocycles. The molecule has 0 aliphatic carbocycles. The minimum Gasteiger partial charge on any atom is -0.496 e. The van der Waals surface area contributed by atoms with Crippen LogP contribution in [0, 0.1) is 13.8 Å². The molecule has 0 spiro atoms. The predicted molar refractivity (Wildman–Crippen MR) is 127 cm³/mol. The lowest BCUT2D eigenvalue weighted by Gasteiger charge is -2.19. The molecule has 1 N–H and O–H groups in total. The van der Waals surface area contributed by atoms with Gasteiger partial charge in [-0.15, -0.1) is 0 Å². The molecule has 0 radical (unpaired) electrons. The number of carbonyl (C=O) groups is 1. The Morgan fingerprint density at radius 1 is 1.06 bits per heavy atom. The lowest BCUT2D eigenvalue weighted by Crippen LogP contribution is -2.26. The van der Waals surface area contributed by atoms with E-state index >= 15 is 0 Å². The summed E-state index contributed by atoms with van der Waals surface area (Å²) >= 11 is 6.21. The van der Waals surface area contributed by atoms with E-state index in [0.717, 1.165) is 16.7 Å². The van der Waals surface area contributed by atoms with E-state index in [0.29, 0.717) is 18.0 Å². The highest BCUT2D eigenvalue weighted by Gasteiger charge is 2.22. The minimum atomic E-state index is -4.01. The minimum absolute atomic E-state index is 0.0340. The van der Waals surface area contributed by atoms with Crippen LogP contribution in [0.25, 0.3) is 0 Å². The number of halogens is 1. The second kappa shape index (κ2) is 9.63. The highest BCUT2D eigenvalue weighted by Crippen LogP contribution is 2.28. The van der Waals surface area contributed by atoms with Gasteiger partial charge in [-0.3, -0.25) is 9.52 Å². The molecule has 0 heterocycles. The summed E-state index contributed by atoms with van der Waals surface area (Å²) in [5, 5.41) is 0.0340. The van der Waals surface area contributed by atoms with Crippen LogP contribution in [0.1, 0.15) is 27.0 Å². The van der Waals surface area contributed by atoms with Gasteiger partial charge < -0.3 is 9.64 Å². The molecule has 0 aliphatic rings. The van der Waals surface area contributed by atoms with Crippen LogP contribution in [0.2, 0.25) is 5.02 Å². The number of anilines is 1. The van der Waals surface area contributed by atoms with Crippen LogP contribution in [0.15, 0.2) is 65.6 Å². The van der Waals surface area contributed by atoms with Crippen LogP contribution in [0.4, 0.5) is 5.69 Å². The number of hydrogen-bond donors (Lipinski definition) is 1. The van der Waals surface area contributed by atoms with E-state index in [-0.39, 0.29) is 21.4 Å². The zero-order chi connectivity index (χ0) is 23.5. The number of rotatable bonds is 7. The first-order valence-electron chi connectivity index (χ1n) is 9.89. The van der Waals surface area contributed by atoms with Crippen molar-refractivity contribution in [1.82, 2.24) is 4.90 Å². The maximum absolute atomic E-state index is 13.1. The number of aryl methyl sites for hydroxylation is 2. The van der Waals surface area contributed by atoms with Gasteiger partial charge in [-0.05, 0) is 55.3 Å².